The number of hydrogen-bond acceptors (Lipinski definition) is 6. The molecular formula is C25H23Cl2FN4O3S. The highest BCUT2D eigenvalue weighted by Crippen LogP contribution is 2.37. The third kappa shape index (κ3) is 5.00. The van der Waals surface area contributed by atoms with Crippen molar-refractivity contribution >= 4 is 44.7 Å². The Bertz CT molecular complexity index is 1470. The molecule has 1 aliphatic rings. The number of rotatable bonds is 5. The van der Waals surface area contributed by atoms with Gasteiger partial charge in [-0.15, -0.1) is 0 Å². The van der Waals surface area contributed by atoms with Gasteiger partial charge in [-0.3, -0.25) is 4.72 Å². The van der Waals surface area contributed by atoms with Crippen molar-refractivity contribution in [3.63, 3.8) is 0 Å². The van der Waals surface area contributed by atoms with Crippen molar-refractivity contribution in [2.24, 2.45) is 0 Å². The third-order valence-electron chi connectivity index (χ3n) is 6.41. The molecule has 0 saturated carbocycles. The number of anilines is 2. The van der Waals surface area contributed by atoms with Crippen LogP contribution >= 0.6 is 23.2 Å². The normalized spacial score (nSPS) is 15.4. The number of hydrogen-bond donors (Lipinski definition) is 2. The van der Waals surface area contributed by atoms with Crippen LogP contribution in [0.1, 0.15) is 35.2 Å². The number of nitriles is 1. The van der Waals surface area contributed by atoms with Crippen LogP contribution in [0, 0.1) is 31.0 Å². The van der Waals surface area contributed by atoms with Crippen molar-refractivity contribution in [3.8, 4) is 6.07 Å². The summed E-state index contributed by atoms with van der Waals surface area (Å²) in [5.74, 6) is -0.234. The summed E-state index contributed by atoms with van der Waals surface area (Å²) in [7, 11) is -4.17. The molecule has 0 amide bonds. The van der Waals surface area contributed by atoms with E-state index in [-0.39, 0.29) is 21.2 Å². The van der Waals surface area contributed by atoms with E-state index in [0.717, 1.165) is 23.8 Å². The van der Waals surface area contributed by atoms with E-state index in [9.17, 15) is 23.2 Å². The minimum atomic E-state index is -4.17. The Morgan fingerprint density at radius 3 is 2.36 bits per heavy atom. The number of pyridine rings is 1. The van der Waals surface area contributed by atoms with Crippen LogP contribution in [-0.2, 0) is 15.6 Å². The lowest BCUT2D eigenvalue weighted by Crippen LogP contribution is -2.43. The summed E-state index contributed by atoms with van der Waals surface area (Å²) in [6.07, 6.45) is 0.827. The lowest BCUT2D eigenvalue weighted by molar-refractivity contribution is 0.0116. The van der Waals surface area contributed by atoms with Gasteiger partial charge in [-0.2, -0.15) is 5.26 Å². The summed E-state index contributed by atoms with van der Waals surface area (Å²) in [6, 6.07) is 12.2. The first-order chi connectivity index (χ1) is 16.9. The van der Waals surface area contributed by atoms with Crippen LogP contribution in [0.3, 0.4) is 0 Å². The van der Waals surface area contributed by atoms with Crippen molar-refractivity contribution in [1.29, 1.82) is 5.26 Å². The second-order valence-electron chi connectivity index (χ2n) is 8.71. The van der Waals surface area contributed by atoms with Gasteiger partial charge in [0, 0.05) is 18.1 Å². The number of halogens is 3. The number of sulfonamides is 1. The molecule has 2 N–H and O–H groups in total. The molecule has 2 aromatic carbocycles. The van der Waals surface area contributed by atoms with E-state index in [1.54, 1.807) is 38.1 Å². The molecule has 1 aliphatic heterocycles. The molecule has 0 atom stereocenters. The molecule has 1 aromatic heterocycles. The number of aromatic nitrogens is 1. The smallest absolute Gasteiger partial charge is 0.263 e. The van der Waals surface area contributed by atoms with Crippen molar-refractivity contribution in [2.75, 3.05) is 22.7 Å². The topological polar surface area (TPSA) is 106 Å². The molecule has 1 saturated heterocycles. The lowest BCUT2D eigenvalue weighted by atomic mass is 9.84. The van der Waals surface area contributed by atoms with Crippen LogP contribution in [0.25, 0.3) is 0 Å². The summed E-state index contributed by atoms with van der Waals surface area (Å²) >= 11 is 11.9. The van der Waals surface area contributed by atoms with Crippen molar-refractivity contribution in [3.05, 3.63) is 80.7 Å². The highest BCUT2D eigenvalue weighted by molar-refractivity contribution is 7.92. The number of aliphatic hydroxyl groups is 1. The van der Waals surface area contributed by atoms with Crippen LogP contribution < -0.4 is 9.62 Å². The molecular weight excluding hydrogens is 526 g/mol. The van der Waals surface area contributed by atoms with Gasteiger partial charge >= 0.3 is 0 Å². The molecule has 7 nitrogen and oxygen atoms in total. The Morgan fingerprint density at radius 1 is 1.14 bits per heavy atom. The summed E-state index contributed by atoms with van der Waals surface area (Å²) in [4.78, 5) is 6.19. The van der Waals surface area contributed by atoms with E-state index >= 15 is 0 Å². The first kappa shape index (κ1) is 26.2. The Balaban J connectivity index is 1.62. The van der Waals surface area contributed by atoms with Crippen LogP contribution in [-0.4, -0.2) is 31.6 Å². The fourth-order valence-electron chi connectivity index (χ4n) is 4.37. The molecule has 11 heteroatoms. The number of nitrogens with one attached hydrogen (secondary N) is 1. The van der Waals surface area contributed by atoms with Gasteiger partial charge in [-0.25, -0.2) is 17.8 Å². The largest absolute Gasteiger partial charge is 0.385 e. The molecule has 3 aromatic rings. The highest BCUT2D eigenvalue weighted by atomic mass is 35.5. The second kappa shape index (κ2) is 9.87. The summed E-state index contributed by atoms with van der Waals surface area (Å²) < 4.78 is 41.8. The Morgan fingerprint density at radius 2 is 1.78 bits per heavy atom. The van der Waals surface area contributed by atoms with Crippen molar-refractivity contribution in [1.82, 2.24) is 4.98 Å². The maximum absolute atomic E-state index is 13.4. The fraction of sp³-hybridized carbons (Fsp3) is 0.280. The standard InChI is InChI=1S/C25H23Cl2FN4O3S/c1-15-20(14-29)24(32-11-9-25(33,10-12-32)17-3-5-18(26)6-4-17)30-16(2)23(15)31-36(34,35)22-8-7-19(28)13-21(22)27/h3-8,13,31,33H,9-12H2,1-2H3. The lowest BCUT2D eigenvalue weighted by Gasteiger charge is -2.39. The molecule has 2 heterocycles. The second-order valence-corrected chi connectivity index (χ2v) is 11.2. The predicted molar refractivity (Wildman–Crippen MR) is 137 cm³/mol. The van der Waals surface area contributed by atoms with Gasteiger partial charge in [0.25, 0.3) is 10.0 Å². The van der Waals surface area contributed by atoms with E-state index in [1.165, 1.54) is 0 Å². The Labute approximate surface area is 219 Å². The number of piperidine rings is 1. The maximum atomic E-state index is 13.4. The van der Waals surface area contributed by atoms with Crippen LogP contribution in [0.2, 0.25) is 10.0 Å². The van der Waals surface area contributed by atoms with Gasteiger partial charge in [0.1, 0.15) is 22.6 Å². The molecule has 188 valence electrons. The third-order valence-corrected chi connectivity index (χ3v) is 8.50. The van der Waals surface area contributed by atoms with E-state index in [2.05, 4.69) is 15.8 Å². The van der Waals surface area contributed by atoms with E-state index in [1.807, 2.05) is 4.90 Å². The van der Waals surface area contributed by atoms with Gasteiger partial charge in [-0.1, -0.05) is 35.3 Å². The summed E-state index contributed by atoms with van der Waals surface area (Å²) in [5, 5.41) is 21.4. The quantitative estimate of drug-likeness (QED) is 0.447. The minimum Gasteiger partial charge on any atom is -0.385 e. The zero-order valence-corrected chi connectivity index (χ0v) is 21.8. The minimum absolute atomic E-state index is 0.158. The molecule has 1 fully saturated rings. The Hall–Kier alpha value is -2.90. The fourth-order valence-corrected chi connectivity index (χ4v) is 6.21. The number of nitrogens with zero attached hydrogens (tertiary/aromatic N) is 3. The van der Waals surface area contributed by atoms with Crippen molar-refractivity contribution < 1.29 is 17.9 Å². The molecule has 0 bridgehead atoms. The molecule has 0 aliphatic carbocycles. The first-order valence-corrected chi connectivity index (χ1v) is 13.3. The van der Waals surface area contributed by atoms with Crippen molar-refractivity contribution in [2.45, 2.75) is 37.2 Å². The SMILES string of the molecule is Cc1nc(N2CCC(O)(c3ccc(Cl)cc3)CC2)c(C#N)c(C)c1NS(=O)(=O)c1ccc(F)cc1Cl. The van der Waals surface area contributed by atoms with E-state index < -0.39 is 21.4 Å². The first-order valence-electron chi connectivity index (χ1n) is 11.1. The van der Waals surface area contributed by atoms with Gasteiger partial charge in [-0.05, 0) is 68.1 Å². The van der Waals surface area contributed by atoms with Gasteiger partial charge in [0.15, 0.2) is 0 Å². The highest BCUT2D eigenvalue weighted by Gasteiger charge is 2.35. The monoisotopic (exact) mass is 548 g/mol. The van der Waals surface area contributed by atoms with Crippen LogP contribution in [0.5, 0.6) is 0 Å². The van der Waals surface area contributed by atoms with Gasteiger partial charge < -0.3 is 10.0 Å². The molecule has 4 rings (SSSR count). The summed E-state index contributed by atoms with van der Waals surface area (Å²) in [5.41, 5.74) is 0.895. The van der Waals surface area contributed by atoms with Crippen LogP contribution in [0.4, 0.5) is 15.9 Å². The number of benzene rings is 2. The predicted octanol–water partition coefficient (Wildman–Crippen LogP) is 5.30. The molecule has 0 radical (unpaired) electrons. The van der Waals surface area contributed by atoms with E-state index in [4.69, 9.17) is 23.2 Å². The molecule has 0 unspecified atom stereocenters. The van der Waals surface area contributed by atoms with Crippen LogP contribution in [0.15, 0.2) is 47.4 Å². The molecule has 36 heavy (non-hydrogen) atoms. The summed E-state index contributed by atoms with van der Waals surface area (Å²) in [6.45, 7) is 4.15. The molecule has 0 spiro atoms. The number of aryl methyl sites for hydroxylation is 1. The Kier molecular flexibility index (Phi) is 7.17. The average Bonchev–Trinajstić information content (AvgIpc) is 2.82. The average molecular weight is 549 g/mol. The zero-order valence-electron chi connectivity index (χ0n) is 19.5. The zero-order chi connectivity index (χ0) is 26.3. The maximum Gasteiger partial charge on any atom is 0.263 e. The van der Waals surface area contributed by atoms with Gasteiger partial charge in [0.05, 0.1) is 27.6 Å². The van der Waals surface area contributed by atoms with E-state index in [0.29, 0.717) is 48.0 Å². The van der Waals surface area contributed by atoms with Gasteiger partial charge in [0.2, 0.25) is 0 Å².